The molecule has 2 rings (SSSR count). The minimum atomic E-state index is -0.0493. The van der Waals surface area contributed by atoms with Gasteiger partial charge in [0.05, 0.1) is 6.54 Å². The lowest BCUT2D eigenvalue weighted by atomic mass is 10.1. The third kappa shape index (κ3) is 9.30. The minimum Gasteiger partial charge on any atom is -0.357 e. The maximum absolute atomic E-state index is 12.3. The Balaban J connectivity index is 0.00000450. The van der Waals surface area contributed by atoms with Crippen molar-refractivity contribution in [1.29, 1.82) is 0 Å². The lowest BCUT2D eigenvalue weighted by Crippen LogP contribution is -2.38. The van der Waals surface area contributed by atoms with Crippen molar-refractivity contribution in [3.05, 3.63) is 64.4 Å². The molecule has 1 amide bonds. The van der Waals surface area contributed by atoms with Crippen molar-refractivity contribution in [3.8, 4) is 0 Å². The molecule has 1 unspecified atom stereocenters. The zero-order chi connectivity index (χ0) is 21.1. The molecule has 1 aromatic heterocycles. The topological polar surface area (TPSA) is 78.4 Å². The quantitative estimate of drug-likeness (QED) is 0.192. The summed E-state index contributed by atoms with van der Waals surface area (Å²) in [5.41, 5.74) is 2.75. The van der Waals surface area contributed by atoms with E-state index in [-0.39, 0.29) is 35.9 Å². The van der Waals surface area contributed by atoms with Crippen molar-refractivity contribution in [2.75, 3.05) is 13.1 Å². The number of rotatable bonds is 9. The van der Waals surface area contributed by atoms with E-state index in [1.807, 2.05) is 44.2 Å². The summed E-state index contributed by atoms with van der Waals surface area (Å²) in [5.74, 6) is 0.690. The average Bonchev–Trinajstić information content (AvgIpc) is 2.73. The minimum absolute atomic E-state index is 0. The van der Waals surface area contributed by atoms with Crippen LogP contribution in [0.3, 0.4) is 0 Å². The van der Waals surface area contributed by atoms with Gasteiger partial charge >= 0.3 is 0 Å². The van der Waals surface area contributed by atoms with Gasteiger partial charge < -0.3 is 16.0 Å². The summed E-state index contributed by atoms with van der Waals surface area (Å²) in [7, 11) is 0. The highest BCUT2D eigenvalue weighted by Gasteiger charge is 2.09. The summed E-state index contributed by atoms with van der Waals surface area (Å²) in [6.07, 6.45) is 3.50. The van der Waals surface area contributed by atoms with Crippen LogP contribution in [0, 0.1) is 0 Å². The fraction of sp³-hybridized carbons (Fsp3) is 0.409. The first-order valence-corrected chi connectivity index (χ1v) is 10.4. The molecular weight excluding hydrogens is 513 g/mol. The number of benzene rings is 1. The van der Waals surface area contributed by atoms with Crippen LogP contribution >= 0.6 is 35.6 Å². The fourth-order valence-corrected chi connectivity index (χ4v) is 2.72. The van der Waals surface area contributed by atoms with E-state index in [4.69, 9.17) is 11.6 Å². The monoisotopic (exact) mass is 543 g/mol. The van der Waals surface area contributed by atoms with Gasteiger partial charge in [0.2, 0.25) is 0 Å². The zero-order valence-corrected chi connectivity index (χ0v) is 20.8. The van der Waals surface area contributed by atoms with Crippen molar-refractivity contribution in [3.63, 3.8) is 0 Å². The van der Waals surface area contributed by atoms with Gasteiger partial charge in [-0.25, -0.2) is 9.98 Å². The fourth-order valence-electron chi connectivity index (χ4n) is 2.61. The van der Waals surface area contributed by atoms with Crippen molar-refractivity contribution < 1.29 is 4.79 Å². The Labute approximate surface area is 201 Å². The largest absolute Gasteiger partial charge is 0.357 e. The molecule has 0 bridgehead atoms. The normalized spacial score (nSPS) is 11.9. The van der Waals surface area contributed by atoms with Crippen LogP contribution in [0.5, 0.6) is 0 Å². The Morgan fingerprint density at radius 3 is 2.63 bits per heavy atom. The molecule has 2 aromatic rings. The second-order valence-corrected chi connectivity index (χ2v) is 7.23. The van der Waals surface area contributed by atoms with Crippen LogP contribution in [-0.4, -0.2) is 36.0 Å². The molecule has 6 nitrogen and oxygen atoms in total. The molecule has 8 heteroatoms. The molecule has 0 aliphatic heterocycles. The molecule has 164 valence electrons. The first-order chi connectivity index (χ1) is 14.0. The van der Waals surface area contributed by atoms with Crippen molar-refractivity contribution in [1.82, 2.24) is 20.9 Å². The van der Waals surface area contributed by atoms with Crippen LogP contribution in [0.1, 0.15) is 48.7 Å². The van der Waals surface area contributed by atoms with Gasteiger partial charge in [0.15, 0.2) is 5.96 Å². The van der Waals surface area contributed by atoms with E-state index in [9.17, 15) is 4.79 Å². The van der Waals surface area contributed by atoms with Gasteiger partial charge in [0, 0.05) is 30.9 Å². The number of aliphatic imine (C=N–C) groups is 1. The van der Waals surface area contributed by atoms with Crippen LogP contribution in [0.25, 0.3) is 0 Å². The average molecular weight is 544 g/mol. The Morgan fingerprint density at radius 2 is 1.97 bits per heavy atom. The Hall–Kier alpha value is -1.87. The van der Waals surface area contributed by atoms with E-state index >= 15 is 0 Å². The summed E-state index contributed by atoms with van der Waals surface area (Å²) < 4.78 is 0. The molecule has 1 atom stereocenters. The van der Waals surface area contributed by atoms with Crippen LogP contribution in [0.4, 0.5) is 0 Å². The number of pyridine rings is 1. The lowest BCUT2D eigenvalue weighted by molar-refractivity contribution is 0.0939. The number of nitrogens with zero attached hydrogens (tertiary/aromatic N) is 2. The number of hydrogen-bond donors (Lipinski definition) is 3. The van der Waals surface area contributed by atoms with Gasteiger partial charge in [0.1, 0.15) is 5.15 Å². The maximum Gasteiger partial charge on any atom is 0.251 e. The summed E-state index contributed by atoms with van der Waals surface area (Å²) in [5, 5.41) is 10.1. The van der Waals surface area contributed by atoms with Crippen LogP contribution < -0.4 is 16.0 Å². The van der Waals surface area contributed by atoms with E-state index in [2.05, 4.69) is 32.9 Å². The molecule has 1 heterocycles. The first-order valence-electron chi connectivity index (χ1n) is 10.0. The molecule has 30 heavy (non-hydrogen) atoms. The van der Waals surface area contributed by atoms with Crippen LogP contribution in [-0.2, 0) is 13.0 Å². The molecule has 1 aromatic carbocycles. The lowest BCUT2D eigenvalue weighted by Gasteiger charge is -2.13. The Bertz CT molecular complexity index is 813. The van der Waals surface area contributed by atoms with Crippen molar-refractivity contribution >= 4 is 47.4 Å². The van der Waals surface area contributed by atoms with E-state index in [0.717, 1.165) is 43.0 Å². The molecule has 0 fully saturated rings. The first kappa shape index (κ1) is 26.2. The van der Waals surface area contributed by atoms with Gasteiger partial charge in [-0.3, -0.25) is 4.79 Å². The van der Waals surface area contributed by atoms with Crippen molar-refractivity contribution in [2.45, 2.75) is 46.2 Å². The third-order valence-corrected chi connectivity index (χ3v) is 4.66. The molecule has 0 spiro atoms. The van der Waals surface area contributed by atoms with Gasteiger partial charge in [-0.15, -0.1) is 24.0 Å². The van der Waals surface area contributed by atoms with E-state index in [0.29, 0.717) is 17.3 Å². The number of nitrogens with one attached hydrogen (secondary N) is 3. The number of amides is 1. The molecule has 3 N–H and O–H groups in total. The highest BCUT2D eigenvalue weighted by molar-refractivity contribution is 14.0. The summed E-state index contributed by atoms with van der Waals surface area (Å²) in [6, 6.07) is 11.5. The third-order valence-electron chi connectivity index (χ3n) is 4.44. The zero-order valence-electron chi connectivity index (χ0n) is 17.7. The highest BCUT2D eigenvalue weighted by Crippen LogP contribution is 2.08. The Kier molecular flexibility index (Phi) is 12.4. The molecule has 0 radical (unpaired) electrons. The molecule has 0 saturated carbocycles. The summed E-state index contributed by atoms with van der Waals surface area (Å²) >= 11 is 5.82. The Morgan fingerprint density at radius 1 is 1.17 bits per heavy atom. The van der Waals surface area contributed by atoms with Gasteiger partial charge in [0.25, 0.3) is 5.91 Å². The second kappa shape index (κ2) is 14.2. The number of aromatic nitrogens is 1. The van der Waals surface area contributed by atoms with Gasteiger partial charge in [-0.05, 0) is 56.0 Å². The van der Waals surface area contributed by atoms with Crippen LogP contribution in [0.2, 0.25) is 5.15 Å². The molecular formula is C22H31ClIN5O. The van der Waals surface area contributed by atoms with Gasteiger partial charge in [-0.1, -0.05) is 36.7 Å². The standard InChI is InChI=1S/C22H30ClN5O.HI/c1-4-16(3)28-21(29)19-8-6-7-18(13-19)15-27-22(24-5-2)25-12-11-17-9-10-20(23)26-14-17;/h6-10,13-14,16H,4-5,11-12,15H2,1-3H3,(H,28,29)(H2,24,25,27);1H. The highest BCUT2D eigenvalue weighted by atomic mass is 127. The van der Waals surface area contributed by atoms with Crippen LogP contribution in [0.15, 0.2) is 47.6 Å². The number of halogens is 2. The van der Waals surface area contributed by atoms with Crippen molar-refractivity contribution in [2.24, 2.45) is 4.99 Å². The predicted molar refractivity (Wildman–Crippen MR) is 135 cm³/mol. The predicted octanol–water partition coefficient (Wildman–Crippen LogP) is 4.18. The maximum atomic E-state index is 12.3. The van der Waals surface area contributed by atoms with E-state index in [1.54, 1.807) is 12.3 Å². The summed E-state index contributed by atoms with van der Waals surface area (Å²) in [4.78, 5) is 21.0. The van der Waals surface area contributed by atoms with Gasteiger partial charge in [-0.2, -0.15) is 0 Å². The molecule has 0 saturated heterocycles. The van der Waals surface area contributed by atoms with E-state index in [1.165, 1.54) is 0 Å². The molecule has 0 aliphatic carbocycles. The number of carbonyl (C=O) groups is 1. The molecule has 0 aliphatic rings. The smallest absolute Gasteiger partial charge is 0.251 e. The number of guanidine groups is 1. The summed E-state index contributed by atoms with van der Waals surface area (Å²) in [6.45, 7) is 8.07. The number of carbonyl (C=O) groups excluding carboxylic acids is 1. The number of hydrogen-bond acceptors (Lipinski definition) is 3. The van der Waals surface area contributed by atoms with E-state index < -0.39 is 0 Å². The SMILES string of the molecule is CCNC(=NCc1cccc(C(=O)NC(C)CC)c1)NCCc1ccc(Cl)nc1.I. The second-order valence-electron chi connectivity index (χ2n) is 6.84.